The molecule has 0 radical (unpaired) electrons. The minimum Gasteiger partial charge on any atom is -0.380 e. The molecule has 0 amide bonds. The molecule has 0 heterocycles. The quantitative estimate of drug-likeness (QED) is 0.862. The van der Waals surface area contributed by atoms with Crippen LogP contribution in [0, 0.1) is 11.3 Å². The molecule has 0 fully saturated rings. The fraction of sp³-hybridized carbons (Fsp3) is 0.235. The molecule has 2 aromatic rings. The zero-order valence-electron chi connectivity index (χ0n) is 11.7. The standard InChI is InChI=1S/C17H17ClN2/c1-12(2)14-5-3-13(4-6-14)11-20-17-9-16(18)8-7-15(17)10-19/h3-9,12,20H,11H2,1-2H3. The molecular formula is C17H17ClN2. The maximum atomic E-state index is 9.07. The fourth-order valence-corrected chi connectivity index (χ4v) is 2.15. The number of halogens is 1. The third kappa shape index (κ3) is 3.53. The molecule has 0 aliphatic heterocycles. The van der Waals surface area contributed by atoms with E-state index < -0.39 is 0 Å². The molecule has 20 heavy (non-hydrogen) atoms. The Morgan fingerprint density at radius 2 is 1.85 bits per heavy atom. The van der Waals surface area contributed by atoms with Crippen molar-refractivity contribution in [3.8, 4) is 6.07 Å². The molecule has 0 bridgehead atoms. The first-order chi connectivity index (χ1) is 9.60. The second kappa shape index (κ2) is 6.45. The Morgan fingerprint density at radius 3 is 2.45 bits per heavy atom. The van der Waals surface area contributed by atoms with E-state index >= 15 is 0 Å². The lowest BCUT2D eigenvalue weighted by molar-refractivity contribution is 0.865. The first-order valence-electron chi connectivity index (χ1n) is 6.62. The second-order valence-corrected chi connectivity index (χ2v) is 5.49. The Balaban J connectivity index is 2.09. The van der Waals surface area contributed by atoms with Gasteiger partial charge < -0.3 is 5.32 Å². The van der Waals surface area contributed by atoms with Gasteiger partial charge in [-0.1, -0.05) is 49.7 Å². The van der Waals surface area contributed by atoms with Gasteiger partial charge in [-0.05, 0) is 35.2 Å². The molecule has 0 aromatic heterocycles. The lowest BCUT2D eigenvalue weighted by Crippen LogP contribution is -2.01. The third-order valence-electron chi connectivity index (χ3n) is 3.23. The Bertz CT molecular complexity index is 624. The molecule has 0 saturated heterocycles. The Labute approximate surface area is 125 Å². The maximum Gasteiger partial charge on any atom is 0.101 e. The van der Waals surface area contributed by atoms with Gasteiger partial charge in [-0.15, -0.1) is 0 Å². The molecule has 3 heteroatoms. The predicted octanol–water partition coefficient (Wildman–Crippen LogP) is 4.95. The summed E-state index contributed by atoms with van der Waals surface area (Å²) in [6.45, 7) is 5.03. The van der Waals surface area contributed by atoms with E-state index in [1.54, 1.807) is 18.2 Å². The van der Waals surface area contributed by atoms with Crippen LogP contribution >= 0.6 is 11.6 Å². The Hall–Kier alpha value is -1.98. The number of nitrogens with one attached hydrogen (secondary N) is 1. The highest BCUT2D eigenvalue weighted by atomic mass is 35.5. The van der Waals surface area contributed by atoms with Crippen molar-refractivity contribution >= 4 is 17.3 Å². The fourth-order valence-electron chi connectivity index (χ4n) is 1.98. The molecule has 102 valence electrons. The highest BCUT2D eigenvalue weighted by Crippen LogP contribution is 2.21. The zero-order chi connectivity index (χ0) is 14.5. The SMILES string of the molecule is CC(C)c1ccc(CNc2cc(Cl)ccc2C#N)cc1. The van der Waals surface area contributed by atoms with E-state index in [-0.39, 0.29) is 0 Å². The van der Waals surface area contributed by atoms with Crippen LogP contribution in [0.15, 0.2) is 42.5 Å². The van der Waals surface area contributed by atoms with Crippen LogP contribution < -0.4 is 5.32 Å². The van der Waals surface area contributed by atoms with Gasteiger partial charge in [0.1, 0.15) is 6.07 Å². The van der Waals surface area contributed by atoms with Gasteiger partial charge in [0.25, 0.3) is 0 Å². The van der Waals surface area contributed by atoms with Crippen molar-refractivity contribution in [3.05, 3.63) is 64.2 Å². The largest absolute Gasteiger partial charge is 0.380 e. The van der Waals surface area contributed by atoms with Crippen molar-refractivity contribution in [2.45, 2.75) is 26.3 Å². The molecule has 0 atom stereocenters. The number of anilines is 1. The summed E-state index contributed by atoms with van der Waals surface area (Å²) in [7, 11) is 0. The molecule has 2 nitrogen and oxygen atoms in total. The minimum atomic E-state index is 0.537. The van der Waals surface area contributed by atoms with E-state index in [1.807, 2.05) is 0 Å². The van der Waals surface area contributed by atoms with Gasteiger partial charge in [0.2, 0.25) is 0 Å². The lowest BCUT2D eigenvalue weighted by Gasteiger charge is -2.10. The van der Waals surface area contributed by atoms with Crippen LogP contribution in [0.5, 0.6) is 0 Å². The summed E-state index contributed by atoms with van der Waals surface area (Å²) >= 11 is 5.96. The van der Waals surface area contributed by atoms with E-state index in [4.69, 9.17) is 16.9 Å². The number of rotatable bonds is 4. The van der Waals surface area contributed by atoms with Crippen LogP contribution in [0.25, 0.3) is 0 Å². The Morgan fingerprint density at radius 1 is 1.15 bits per heavy atom. The van der Waals surface area contributed by atoms with E-state index in [1.165, 1.54) is 11.1 Å². The van der Waals surface area contributed by atoms with Gasteiger partial charge in [0.15, 0.2) is 0 Å². The molecule has 0 aliphatic carbocycles. The normalized spacial score (nSPS) is 10.3. The summed E-state index contributed by atoms with van der Waals surface area (Å²) in [4.78, 5) is 0. The molecule has 1 N–H and O–H groups in total. The van der Waals surface area contributed by atoms with Crippen LogP contribution in [0.1, 0.15) is 36.5 Å². The minimum absolute atomic E-state index is 0.537. The van der Waals surface area contributed by atoms with Crippen LogP contribution in [0.2, 0.25) is 5.02 Å². The van der Waals surface area contributed by atoms with Crippen LogP contribution in [0.3, 0.4) is 0 Å². The number of nitriles is 1. The summed E-state index contributed by atoms with van der Waals surface area (Å²) in [6, 6.07) is 15.9. The van der Waals surface area contributed by atoms with Crippen LogP contribution in [-0.4, -0.2) is 0 Å². The number of benzene rings is 2. The smallest absolute Gasteiger partial charge is 0.101 e. The maximum absolute atomic E-state index is 9.07. The monoisotopic (exact) mass is 284 g/mol. The van der Waals surface area contributed by atoms with E-state index in [9.17, 15) is 0 Å². The molecule has 0 unspecified atom stereocenters. The molecular weight excluding hydrogens is 268 g/mol. The average molecular weight is 285 g/mol. The van der Waals surface area contributed by atoms with Gasteiger partial charge in [0.05, 0.1) is 11.3 Å². The summed E-state index contributed by atoms with van der Waals surface area (Å²) < 4.78 is 0. The first-order valence-corrected chi connectivity index (χ1v) is 7.00. The first kappa shape index (κ1) is 14.4. The van der Waals surface area contributed by atoms with Gasteiger partial charge in [-0.2, -0.15) is 5.26 Å². The highest BCUT2D eigenvalue weighted by Gasteiger charge is 2.03. The second-order valence-electron chi connectivity index (χ2n) is 5.05. The lowest BCUT2D eigenvalue weighted by atomic mass is 10.0. The third-order valence-corrected chi connectivity index (χ3v) is 3.47. The van der Waals surface area contributed by atoms with Crippen molar-refractivity contribution in [1.29, 1.82) is 5.26 Å². The number of nitrogens with zero attached hydrogens (tertiary/aromatic N) is 1. The van der Waals surface area contributed by atoms with Gasteiger partial charge in [-0.3, -0.25) is 0 Å². The summed E-state index contributed by atoms with van der Waals surface area (Å²) in [5, 5.41) is 13.0. The van der Waals surface area contributed by atoms with Crippen LogP contribution in [0.4, 0.5) is 5.69 Å². The number of hydrogen-bond donors (Lipinski definition) is 1. The zero-order valence-corrected chi connectivity index (χ0v) is 12.4. The topological polar surface area (TPSA) is 35.8 Å². The van der Waals surface area contributed by atoms with Crippen molar-refractivity contribution in [2.24, 2.45) is 0 Å². The number of hydrogen-bond acceptors (Lipinski definition) is 2. The van der Waals surface area contributed by atoms with Crippen molar-refractivity contribution in [3.63, 3.8) is 0 Å². The summed E-state index contributed by atoms with van der Waals surface area (Å²) in [6.07, 6.45) is 0. The van der Waals surface area contributed by atoms with Gasteiger partial charge in [-0.25, -0.2) is 0 Å². The molecule has 0 spiro atoms. The molecule has 2 aromatic carbocycles. The average Bonchev–Trinajstić information content (AvgIpc) is 2.45. The predicted molar refractivity (Wildman–Crippen MR) is 84.0 cm³/mol. The van der Waals surface area contributed by atoms with Gasteiger partial charge in [0, 0.05) is 11.6 Å². The van der Waals surface area contributed by atoms with Crippen molar-refractivity contribution < 1.29 is 0 Å². The highest BCUT2D eigenvalue weighted by molar-refractivity contribution is 6.30. The molecule has 0 saturated carbocycles. The Kier molecular flexibility index (Phi) is 4.65. The summed E-state index contributed by atoms with van der Waals surface area (Å²) in [5.41, 5.74) is 3.88. The van der Waals surface area contributed by atoms with E-state index in [0.717, 1.165) is 5.69 Å². The molecule has 2 rings (SSSR count). The van der Waals surface area contributed by atoms with E-state index in [0.29, 0.717) is 23.0 Å². The van der Waals surface area contributed by atoms with Gasteiger partial charge >= 0.3 is 0 Å². The van der Waals surface area contributed by atoms with Crippen molar-refractivity contribution in [1.82, 2.24) is 0 Å². The van der Waals surface area contributed by atoms with Crippen molar-refractivity contribution in [2.75, 3.05) is 5.32 Å². The van der Waals surface area contributed by atoms with E-state index in [2.05, 4.69) is 49.5 Å². The molecule has 0 aliphatic rings. The van der Waals surface area contributed by atoms with Crippen LogP contribution in [-0.2, 0) is 6.54 Å². The summed E-state index contributed by atoms with van der Waals surface area (Å²) in [5.74, 6) is 0.537.